The first-order chi connectivity index (χ1) is 14.6. The Balaban J connectivity index is 2.03. The Morgan fingerprint density at radius 2 is 2.03 bits per heavy atom. The average Bonchev–Trinajstić information content (AvgIpc) is 2.67. The van der Waals surface area contributed by atoms with Gasteiger partial charge in [0, 0.05) is 23.9 Å². The van der Waals surface area contributed by atoms with Crippen LogP contribution < -0.4 is 10.6 Å². The highest BCUT2D eigenvalue weighted by molar-refractivity contribution is 5.95. The maximum atomic E-state index is 14.0. The Kier molecular flexibility index (Phi) is 6.73. The maximum Gasteiger partial charge on any atom is 0.408 e. The van der Waals surface area contributed by atoms with Crippen LogP contribution in [-0.2, 0) is 9.53 Å². The SMILES string of the molecule is CC1/C=C\C[C@H](NC(=O)OC(C)(C)C)c2cc(ccn2)-c2cc(F)ccc2NC(=O)C1. The molecule has 2 bridgehead atoms. The molecular formula is C24H28FN3O3. The number of pyridine rings is 1. The van der Waals surface area contributed by atoms with Crippen molar-refractivity contribution in [2.45, 2.75) is 52.2 Å². The number of anilines is 1. The van der Waals surface area contributed by atoms with Gasteiger partial charge in [0.15, 0.2) is 0 Å². The largest absolute Gasteiger partial charge is 0.444 e. The van der Waals surface area contributed by atoms with E-state index in [4.69, 9.17) is 4.74 Å². The fraction of sp³-hybridized carbons (Fsp3) is 0.375. The molecule has 2 aromatic rings. The van der Waals surface area contributed by atoms with Crippen molar-refractivity contribution in [3.8, 4) is 11.1 Å². The number of amides is 2. The summed E-state index contributed by atoms with van der Waals surface area (Å²) in [7, 11) is 0. The number of hydrogen-bond acceptors (Lipinski definition) is 4. The van der Waals surface area contributed by atoms with Crippen molar-refractivity contribution in [3.05, 3.63) is 60.2 Å². The van der Waals surface area contributed by atoms with Crippen molar-refractivity contribution in [1.29, 1.82) is 0 Å². The number of carbonyl (C=O) groups is 2. The van der Waals surface area contributed by atoms with Gasteiger partial charge >= 0.3 is 6.09 Å². The van der Waals surface area contributed by atoms with Crippen molar-refractivity contribution < 1.29 is 18.7 Å². The molecule has 2 heterocycles. The predicted molar refractivity (Wildman–Crippen MR) is 118 cm³/mol. The van der Waals surface area contributed by atoms with Crippen LogP contribution in [0.2, 0.25) is 0 Å². The van der Waals surface area contributed by atoms with Crippen LogP contribution in [0.3, 0.4) is 0 Å². The normalized spacial score (nSPS) is 20.2. The van der Waals surface area contributed by atoms with Crippen LogP contribution in [-0.4, -0.2) is 22.6 Å². The highest BCUT2D eigenvalue weighted by Gasteiger charge is 2.22. The summed E-state index contributed by atoms with van der Waals surface area (Å²) >= 11 is 0. The van der Waals surface area contributed by atoms with Crippen LogP contribution in [0.4, 0.5) is 14.9 Å². The summed E-state index contributed by atoms with van der Waals surface area (Å²) in [5.41, 5.74) is 1.74. The van der Waals surface area contributed by atoms with E-state index >= 15 is 0 Å². The van der Waals surface area contributed by atoms with Gasteiger partial charge < -0.3 is 15.4 Å². The fourth-order valence-corrected chi connectivity index (χ4v) is 3.38. The molecule has 1 aliphatic rings. The topological polar surface area (TPSA) is 80.3 Å². The number of fused-ring (bicyclic) bond motifs is 4. The lowest BCUT2D eigenvalue weighted by Gasteiger charge is -2.23. The van der Waals surface area contributed by atoms with E-state index in [1.807, 2.05) is 19.1 Å². The van der Waals surface area contributed by atoms with Crippen molar-refractivity contribution in [1.82, 2.24) is 10.3 Å². The number of aromatic nitrogens is 1. The first-order valence-corrected chi connectivity index (χ1v) is 10.3. The molecule has 164 valence electrons. The summed E-state index contributed by atoms with van der Waals surface area (Å²) < 4.78 is 19.4. The number of nitrogens with one attached hydrogen (secondary N) is 2. The minimum absolute atomic E-state index is 0.0112. The number of halogens is 1. The molecule has 0 spiro atoms. The summed E-state index contributed by atoms with van der Waals surface area (Å²) in [6.45, 7) is 7.34. The minimum atomic E-state index is -0.629. The molecule has 0 saturated heterocycles. The van der Waals surface area contributed by atoms with Gasteiger partial charge in [0.25, 0.3) is 0 Å². The average molecular weight is 426 g/mol. The van der Waals surface area contributed by atoms with E-state index < -0.39 is 23.6 Å². The fourth-order valence-electron chi connectivity index (χ4n) is 3.38. The molecule has 3 rings (SSSR count). The Labute approximate surface area is 181 Å². The molecule has 0 radical (unpaired) electrons. The number of nitrogens with zero attached hydrogens (tertiary/aromatic N) is 1. The van der Waals surface area contributed by atoms with Crippen molar-refractivity contribution in [3.63, 3.8) is 0 Å². The molecule has 7 heteroatoms. The van der Waals surface area contributed by atoms with Crippen LogP contribution >= 0.6 is 0 Å². The lowest BCUT2D eigenvalue weighted by Crippen LogP contribution is -2.35. The molecular weight excluding hydrogens is 397 g/mol. The summed E-state index contributed by atoms with van der Waals surface area (Å²) in [5.74, 6) is -0.570. The van der Waals surface area contributed by atoms with E-state index in [0.717, 1.165) is 0 Å². The van der Waals surface area contributed by atoms with Gasteiger partial charge in [-0.1, -0.05) is 19.1 Å². The second kappa shape index (κ2) is 9.29. The number of hydrogen-bond donors (Lipinski definition) is 2. The smallest absolute Gasteiger partial charge is 0.408 e. The lowest BCUT2D eigenvalue weighted by molar-refractivity contribution is -0.116. The number of allylic oxidation sites excluding steroid dienone is 1. The van der Waals surface area contributed by atoms with E-state index in [2.05, 4.69) is 15.6 Å². The molecule has 1 aliphatic heterocycles. The molecule has 0 aliphatic carbocycles. The summed E-state index contributed by atoms with van der Waals surface area (Å²) in [6, 6.07) is 7.35. The van der Waals surface area contributed by atoms with Gasteiger partial charge in [-0.3, -0.25) is 9.78 Å². The third kappa shape index (κ3) is 6.38. The van der Waals surface area contributed by atoms with Crippen LogP contribution in [0.15, 0.2) is 48.7 Å². The van der Waals surface area contributed by atoms with Crippen LogP contribution in [0, 0.1) is 11.7 Å². The molecule has 2 atom stereocenters. The zero-order valence-corrected chi connectivity index (χ0v) is 18.2. The Morgan fingerprint density at radius 1 is 1.26 bits per heavy atom. The summed E-state index contributed by atoms with van der Waals surface area (Å²) in [4.78, 5) is 29.3. The Hall–Kier alpha value is -3.22. The van der Waals surface area contributed by atoms with Gasteiger partial charge in [-0.25, -0.2) is 9.18 Å². The van der Waals surface area contributed by atoms with E-state index in [-0.39, 0.29) is 18.2 Å². The molecule has 2 amide bonds. The molecule has 0 fully saturated rings. The van der Waals surface area contributed by atoms with E-state index in [1.54, 1.807) is 45.2 Å². The number of carbonyl (C=O) groups excluding carboxylic acids is 2. The molecule has 1 unspecified atom stereocenters. The standard InChI is InChI=1S/C24H28FN3O3/c1-15-6-5-7-20(28-23(30)31-24(2,3)4)21-13-16(10-11-26-21)18-14-17(25)8-9-19(18)27-22(29)12-15/h5-6,8-11,13-15,20H,7,12H2,1-4H3,(H,27,29)(H,28,30)/b6-5-/t15?,20-/m0/s1. The second-order valence-corrected chi connectivity index (χ2v) is 8.75. The van der Waals surface area contributed by atoms with Gasteiger partial charge in [0.1, 0.15) is 11.4 Å². The monoisotopic (exact) mass is 425 g/mol. The third-order valence-corrected chi connectivity index (χ3v) is 4.74. The van der Waals surface area contributed by atoms with Crippen molar-refractivity contribution >= 4 is 17.7 Å². The van der Waals surface area contributed by atoms with Crippen LogP contribution in [0.5, 0.6) is 0 Å². The zero-order valence-electron chi connectivity index (χ0n) is 18.2. The third-order valence-electron chi connectivity index (χ3n) is 4.74. The van der Waals surface area contributed by atoms with Gasteiger partial charge in [-0.15, -0.1) is 0 Å². The number of alkyl carbamates (subject to hydrolysis) is 1. The van der Waals surface area contributed by atoms with E-state index in [0.29, 0.717) is 28.9 Å². The Morgan fingerprint density at radius 3 is 2.77 bits per heavy atom. The number of benzene rings is 1. The lowest BCUT2D eigenvalue weighted by atomic mass is 10.0. The highest BCUT2D eigenvalue weighted by Crippen LogP contribution is 2.31. The molecule has 0 saturated carbocycles. The highest BCUT2D eigenvalue weighted by atomic mass is 19.1. The Bertz CT molecular complexity index is 998. The molecule has 31 heavy (non-hydrogen) atoms. The molecule has 6 nitrogen and oxygen atoms in total. The number of rotatable bonds is 1. The van der Waals surface area contributed by atoms with Crippen molar-refractivity contribution in [2.24, 2.45) is 5.92 Å². The predicted octanol–water partition coefficient (Wildman–Crippen LogP) is 5.38. The van der Waals surface area contributed by atoms with Crippen LogP contribution in [0.1, 0.15) is 52.3 Å². The summed E-state index contributed by atoms with van der Waals surface area (Å²) in [6.07, 6.45) is 5.69. The van der Waals surface area contributed by atoms with Gasteiger partial charge in [-0.2, -0.15) is 0 Å². The molecule has 2 N–H and O–H groups in total. The molecule has 1 aromatic carbocycles. The zero-order chi connectivity index (χ0) is 22.6. The minimum Gasteiger partial charge on any atom is -0.444 e. The quantitative estimate of drug-likeness (QED) is 0.601. The first-order valence-electron chi connectivity index (χ1n) is 10.3. The van der Waals surface area contributed by atoms with Crippen molar-refractivity contribution in [2.75, 3.05) is 5.32 Å². The molecule has 1 aromatic heterocycles. The summed E-state index contributed by atoms with van der Waals surface area (Å²) in [5, 5.41) is 5.76. The van der Waals surface area contributed by atoms with Gasteiger partial charge in [-0.05, 0) is 69.0 Å². The van der Waals surface area contributed by atoms with E-state index in [1.165, 1.54) is 12.1 Å². The van der Waals surface area contributed by atoms with Crippen LogP contribution in [0.25, 0.3) is 11.1 Å². The maximum absolute atomic E-state index is 14.0. The van der Waals surface area contributed by atoms with Gasteiger partial charge in [0.05, 0.1) is 11.7 Å². The first kappa shape index (κ1) is 22.5. The van der Waals surface area contributed by atoms with Gasteiger partial charge in [0.2, 0.25) is 5.91 Å². The second-order valence-electron chi connectivity index (χ2n) is 8.75. The number of ether oxygens (including phenoxy) is 1. The van der Waals surface area contributed by atoms with E-state index in [9.17, 15) is 14.0 Å².